The van der Waals surface area contributed by atoms with Gasteiger partial charge in [0, 0.05) is 30.2 Å². The summed E-state index contributed by atoms with van der Waals surface area (Å²) in [5.74, 6) is 0.181. The predicted octanol–water partition coefficient (Wildman–Crippen LogP) is 4.33. The van der Waals surface area contributed by atoms with Gasteiger partial charge < -0.3 is 24.4 Å². The van der Waals surface area contributed by atoms with E-state index in [-0.39, 0.29) is 11.8 Å². The highest BCUT2D eigenvalue weighted by molar-refractivity contribution is 7.10. The summed E-state index contributed by atoms with van der Waals surface area (Å²) in [6, 6.07) is 16.0. The second-order valence-corrected chi connectivity index (χ2v) is 8.55. The number of benzene rings is 2. The molecule has 33 heavy (non-hydrogen) atoms. The van der Waals surface area contributed by atoms with Crippen LogP contribution in [0.2, 0.25) is 0 Å². The number of nitrogens with one attached hydrogen (secondary N) is 1. The minimum atomic E-state index is -0.610. The smallest absolute Gasteiger partial charge is 0.254 e. The zero-order valence-corrected chi connectivity index (χ0v) is 19.6. The van der Waals surface area contributed by atoms with Crippen molar-refractivity contribution >= 4 is 28.8 Å². The highest BCUT2D eigenvalue weighted by atomic mass is 32.1. The Morgan fingerprint density at radius 2 is 1.88 bits per heavy atom. The third kappa shape index (κ3) is 4.44. The molecule has 0 spiro atoms. The molecule has 1 aliphatic heterocycles. The Kier molecular flexibility index (Phi) is 6.96. The van der Waals surface area contributed by atoms with E-state index in [0.717, 1.165) is 4.88 Å². The van der Waals surface area contributed by atoms with E-state index in [1.807, 2.05) is 35.7 Å². The van der Waals surface area contributed by atoms with Crippen LogP contribution in [0.3, 0.4) is 0 Å². The zero-order valence-electron chi connectivity index (χ0n) is 18.7. The summed E-state index contributed by atoms with van der Waals surface area (Å²) in [6.07, 6.45) is 0. The maximum atomic E-state index is 13.8. The first-order valence-corrected chi connectivity index (χ1v) is 11.4. The summed E-state index contributed by atoms with van der Waals surface area (Å²) in [7, 11) is 4.71. The zero-order chi connectivity index (χ0) is 23.4. The van der Waals surface area contributed by atoms with Gasteiger partial charge in [-0.15, -0.1) is 11.3 Å². The van der Waals surface area contributed by atoms with Crippen molar-refractivity contribution in [1.82, 2.24) is 4.90 Å². The van der Waals surface area contributed by atoms with Crippen molar-refractivity contribution in [2.45, 2.75) is 12.0 Å². The number of ether oxygens (including phenoxy) is 3. The Hall–Kier alpha value is -3.36. The number of methoxy groups -OCH3 is 3. The maximum absolute atomic E-state index is 13.8. The first-order valence-electron chi connectivity index (χ1n) is 10.5. The molecule has 0 radical (unpaired) electrons. The molecule has 0 bridgehead atoms. The van der Waals surface area contributed by atoms with Gasteiger partial charge in [-0.2, -0.15) is 0 Å². The van der Waals surface area contributed by atoms with Crippen LogP contribution in [0.4, 0.5) is 5.69 Å². The van der Waals surface area contributed by atoms with Crippen molar-refractivity contribution in [2.75, 3.05) is 39.8 Å². The lowest BCUT2D eigenvalue weighted by Crippen LogP contribution is -2.47. The lowest BCUT2D eigenvalue weighted by atomic mass is 9.81. The molecule has 2 heterocycles. The number of hydrogen-bond acceptors (Lipinski definition) is 6. The van der Waals surface area contributed by atoms with Gasteiger partial charge in [-0.1, -0.05) is 24.3 Å². The first kappa shape index (κ1) is 22.8. The third-order valence-corrected chi connectivity index (χ3v) is 6.70. The quantitative estimate of drug-likeness (QED) is 0.535. The van der Waals surface area contributed by atoms with Gasteiger partial charge in [-0.05, 0) is 35.2 Å². The fourth-order valence-corrected chi connectivity index (χ4v) is 5.07. The fraction of sp³-hybridized carbons (Fsp3) is 0.280. The standard InChI is InChI=1S/C25H26N2O5S/c1-30-13-12-27-23(21-9-6-14-33-21)22(17-7-4-5-8-18(17)25(27)29)24(28)26-19-11-10-16(31-2)15-20(19)32-3/h4-11,14-15,22-23H,12-13H2,1-3H3,(H,26,28)/t22-,23-/m1/s1. The molecule has 0 aliphatic carbocycles. The van der Waals surface area contributed by atoms with Gasteiger partial charge in [0.25, 0.3) is 5.91 Å². The van der Waals surface area contributed by atoms with E-state index in [9.17, 15) is 9.59 Å². The van der Waals surface area contributed by atoms with Crippen LogP contribution >= 0.6 is 11.3 Å². The van der Waals surface area contributed by atoms with Crippen LogP contribution in [0.15, 0.2) is 60.0 Å². The van der Waals surface area contributed by atoms with Crippen molar-refractivity contribution < 1.29 is 23.8 Å². The number of thiophene rings is 1. The molecule has 4 rings (SSSR count). The molecule has 0 saturated carbocycles. The summed E-state index contributed by atoms with van der Waals surface area (Å²) < 4.78 is 16.0. The van der Waals surface area contributed by atoms with Crippen molar-refractivity contribution in [3.63, 3.8) is 0 Å². The van der Waals surface area contributed by atoms with Crippen LogP contribution in [-0.2, 0) is 9.53 Å². The van der Waals surface area contributed by atoms with E-state index < -0.39 is 12.0 Å². The Morgan fingerprint density at radius 3 is 2.58 bits per heavy atom. The van der Waals surface area contributed by atoms with E-state index in [1.165, 1.54) is 11.3 Å². The van der Waals surface area contributed by atoms with E-state index in [0.29, 0.717) is 41.5 Å². The second kappa shape index (κ2) is 10.1. The largest absolute Gasteiger partial charge is 0.497 e. The monoisotopic (exact) mass is 466 g/mol. The van der Waals surface area contributed by atoms with Gasteiger partial charge in [0.15, 0.2) is 0 Å². The predicted molar refractivity (Wildman–Crippen MR) is 127 cm³/mol. The third-order valence-electron chi connectivity index (χ3n) is 5.76. The number of hydrogen-bond donors (Lipinski definition) is 1. The number of fused-ring (bicyclic) bond motifs is 1. The molecule has 1 aliphatic rings. The molecule has 0 unspecified atom stereocenters. The molecule has 3 aromatic rings. The van der Waals surface area contributed by atoms with Crippen molar-refractivity contribution in [1.29, 1.82) is 0 Å². The Morgan fingerprint density at radius 1 is 1.06 bits per heavy atom. The Bertz CT molecular complexity index is 1130. The first-order chi connectivity index (χ1) is 16.1. The molecule has 8 heteroatoms. The number of nitrogens with zero attached hydrogens (tertiary/aromatic N) is 1. The van der Waals surface area contributed by atoms with E-state index >= 15 is 0 Å². The molecular weight excluding hydrogens is 440 g/mol. The van der Waals surface area contributed by atoms with E-state index in [2.05, 4.69) is 5.32 Å². The summed E-state index contributed by atoms with van der Waals surface area (Å²) in [4.78, 5) is 29.9. The Labute approximate surface area is 196 Å². The van der Waals surface area contributed by atoms with Crippen LogP contribution in [0, 0.1) is 0 Å². The lowest BCUT2D eigenvalue weighted by molar-refractivity contribution is -0.119. The molecule has 172 valence electrons. The average molecular weight is 467 g/mol. The minimum absolute atomic E-state index is 0.105. The highest BCUT2D eigenvalue weighted by Crippen LogP contribution is 2.45. The van der Waals surface area contributed by atoms with Crippen molar-refractivity contribution in [3.05, 3.63) is 76.0 Å². The van der Waals surface area contributed by atoms with Gasteiger partial charge in [0.05, 0.1) is 38.5 Å². The van der Waals surface area contributed by atoms with Crippen LogP contribution in [-0.4, -0.2) is 51.2 Å². The van der Waals surface area contributed by atoms with Gasteiger partial charge in [0.1, 0.15) is 11.5 Å². The van der Waals surface area contributed by atoms with Gasteiger partial charge in [-0.25, -0.2) is 0 Å². The molecule has 0 fully saturated rings. The highest BCUT2D eigenvalue weighted by Gasteiger charge is 2.44. The number of carbonyl (C=O) groups excluding carboxylic acids is 2. The molecule has 0 saturated heterocycles. The average Bonchev–Trinajstić information content (AvgIpc) is 3.38. The van der Waals surface area contributed by atoms with Gasteiger partial charge >= 0.3 is 0 Å². The Balaban J connectivity index is 1.78. The molecule has 2 amide bonds. The number of rotatable bonds is 8. The van der Waals surface area contributed by atoms with Crippen LogP contribution < -0.4 is 14.8 Å². The molecule has 7 nitrogen and oxygen atoms in total. The molecular formula is C25H26N2O5S. The van der Waals surface area contributed by atoms with Crippen molar-refractivity contribution in [3.8, 4) is 11.5 Å². The number of anilines is 1. The second-order valence-electron chi connectivity index (χ2n) is 7.57. The topological polar surface area (TPSA) is 77.1 Å². The summed E-state index contributed by atoms with van der Waals surface area (Å²) in [5, 5.41) is 4.98. The lowest BCUT2D eigenvalue weighted by Gasteiger charge is -2.41. The van der Waals surface area contributed by atoms with Crippen molar-refractivity contribution in [2.24, 2.45) is 0 Å². The van der Waals surface area contributed by atoms with Gasteiger partial charge in [0.2, 0.25) is 5.91 Å². The molecule has 2 aromatic carbocycles. The molecule has 1 aromatic heterocycles. The molecule has 1 N–H and O–H groups in total. The summed E-state index contributed by atoms with van der Waals surface area (Å²) >= 11 is 1.53. The number of amides is 2. The SMILES string of the molecule is COCCN1C(=O)c2ccccc2[C@@H](C(=O)Nc2ccc(OC)cc2OC)[C@H]1c1cccs1. The maximum Gasteiger partial charge on any atom is 0.254 e. The minimum Gasteiger partial charge on any atom is -0.497 e. The van der Waals surface area contributed by atoms with Crippen LogP contribution in [0.25, 0.3) is 0 Å². The van der Waals surface area contributed by atoms with E-state index in [1.54, 1.807) is 50.5 Å². The molecule has 2 atom stereocenters. The van der Waals surface area contributed by atoms with Gasteiger partial charge in [-0.3, -0.25) is 9.59 Å². The fourth-order valence-electron chi connectivity index (χ4n) is 4.20. The normalized spacial score (nSPS) is 17.4. The van der Waals surface area contributed by atoms with Crippen LogP contribution in [0.5, 0.6) is 11.5 Å². The number of carbonyl (C=O) groups is 2. The van der Waals surface area contributed by atoms with Crippen LogP contribution in [0.1, 0.15) is 32.8 Å². The van der Waals surface area contributed by atoms with E-state index in [4.69, 9.17) is 14.2 Å². The summed E-state index contributed by atoms with van der Waals surface area (Å²) in [6.45, 7) is 0.748. The summed E-state index contributed by atoms with van der Waals surface area (Å²) in [5.41, 5.74) is 1.77.